The van der Waals surface area contributed by atoms with E-state index in [9.17, 15) is 4.79 Å². The van der Waals surface area contributed by atoms with E-state index in [1.54, 1.807) is 0 Å². The molecule has 1 heterocycles. The topological polar surface area (TPSA) is 44.8 Å². The molecule has 4 heteroatoms. The van der Waals surface area contributed by atoms with Crippen molar-refractivity contribution in [1.82, 2.24) is 0 Å². The lowest BCUT2D eigenvalue weighted by Gasteiger charge is -2.23. The number of hydrogen-bond acceptors (Lipinski definition) is 4. The molecule has 2 aliphatic rings. The van der Waals surface area contributed by atoms with Gasteiger partial charge in [0.05, 0.1) is 5.41 Å². The van der Waals surface area contributed by atoms with Crippen LogP contribution in [0.1, 0.15) is 45.6 Å². The lowest BCUT2D eigenvalue weighted by molar-refractivity contribution is -0.156. The number of carbonyl (C=O) groups is 1. The minimum absolute atomic E-state index is 0.0756. The number of hydrogen-bond donors (Lipinski definition) is 0. The number of carbonyl (C=O) groups excluding carboxylic acids is 1. The zero-order valence-corrected chi connectivity index (χ0v) is 13.6. The van der Waals surface area contributed by atoms with Crippen molar-refractivity contribution in [3.05, 3.63) is 23.8 Å². The Labute approximate surface area is 131 Å². The average Bonchev–Trinajstić information content (AvgIpc) is 3.11. The Hall–Kier alpha value is -1.71. The number of ether oxygens (including phenoxy) is 3. The van der Waals surface area contributed by atoms with Gasteiger partial charge in [-0.2, -0.15) is 0 Å². The molecule has 0 radical (unpaired) electrons. The maximum atomic E-state index is 12.5. The normalized spacial score (nSPS) is 26.5. The van der Waals surface area contributed by atoms with Gasteiger partial charge in [0, 0.05) is 0 Å². The van der Waals surface area contributed by atoms with Crippen molar-refractivity contribution < 1.29 is 19.0 Å². The molecule has 0 saturated heterocycles. The first-order valence-electron chi connectivity index (χ1n) is 8.04. The predicted molar refractivity (Wildman–Crippen MR) is 82.6 cm³/mol. The quantitative estimate of drug-likeness (QED) is 0.791. The lowest BCUT2D eigenvalue weighted by Crippen LogP contribution is -2.27. The first kappa shape index (κ1) is 15.2. The second-order valence-electron chi connectivity index (χ2n) is 7.07. The summed E-state index contributed by atoms with van der Waals surface area (Å²) < 4.78 is 16.2. The summed E-state index contributed by atoms with van der Waals surface area (Å²) in [5.74, 6) is 2.65. The van der Waals surface area contributed by atoms with E-state index >= 15 is 0 Å². The predicted octanol–water partition coefficient (Wildman–Crippen LogP) is 3.92. The van der Waals surface area contributed by atoms with E-state index in [2.05, 4.69) is 13.8 Å². The van der Waals surface area contributed by atoms with Crippen LogP contribution in [0.3, 0.4) is 0 Å². The molecule has 2 atom stereocenters. The monoisotopic (exact) mass is 304 g/mol. The summed E-state index contributed by atoms with van der Waals surface area (Å²) in [6, 6.07) is 5.65. The van der Waals surface area contributed by atoms with E-state index in [-0.39, 0.29) is 24.8 Å². The Kier molecular flexibility index (Phi) is 4.02. The van der Waals surface area contributed by atoms with Crippen LogP contribution in [0.15, 0.2) is 18.2 Å². The largest absolute Gasteiger partial charge is 0.460 e. The van der Waals surface area contributed by atoms with Crippen LogP contribution in [0.2, 0.25) is 0 Å². The van der Waals surface area contributed by atoms with E-state index in [1.807, 2.05) is 25.1 Å². The van der Waals surface area contributed by atoms with E-state index in [4.69, 9.17) is 14.2 Å². The minimum atomic E-state index is -0.328. The highest BCUT2D eigenvalue weighted by Gasteiger charge is 2.43. The van der Waals surface area contributed by atoms with Gasteiger partial charge in [0.15, 0.2) is 11.5 Å². The van der Waals surface area contributed by atoms with Crippen molar-refractivity contribution >= 4 is 5.97 Å². The molecule has 1 aliphatic heterocycles. The van der Waals surface area contributed by atoms with Gasteiger partial charge in [0.25, 0.3) is 0 Å². The molecule has 0 aromatic heterocycles. The van der Waals surface area contributed by atoms with Gasteiger partial charge in [-0.1, -0.05) is 19.9 Å². The Balaban J connectivity index is 1.58. The number of rotatable bonds is 4. The summed E-state index contributed by atoms with van der Waals surface area (Å²) in [7, 11) is 0. The molecule has 0 spiro atoms. The first-order valence-corrected chi connectivity index (χ1v) is 8.04. The van der Waals surface area contributed by atoms with Gasteiger partial charge in [-0.15, -0.1) is 0 Å². The van der Waals surface area contributed by atoms with Crippen molar-refractivity contribution in [2.45, 2.75) is 46.6 Å². The van der Waals surface area contributed by atoms with Crippen LogP contribution >= 0.6 is 0 Å². The van der Waals surface area contributed by atoms with Crippen LogP contribution in [0.25, 0.3) is 0 Å². The molecule has 0 unspecified atom stereocenters. The molecule has 1 aromatic rings. The molecule has 1 aliphatic carbocycles. The zero-order chi connectivity index (χ0) is 15.7. The van der Waals surface area contributed by atoms with Crippen molar-refractivity contribution in [3.8, 4) is 11.5 Å². The van der Waals surface area contributed by atoms with Gasteiger partial charge in [-0.3, -0.25) is 4.79 Å². The van der Waals surface area contributed by atoms with Crippen LogP contribution in [-0.2, 0) is 16.1 Å². The van der Waals surface area contributed by atoms with E-state index in [0.717, 1.165) is 36.3 Å². The standard InChI is InChI=1S/C18H24O4/c1-12(2)14-6-7-18(3,9-14)17(19)20-10-13-4-5-15-16(8-13)22-11-21-15/h4-5,8,12,14H,6-7,9-11H2,1-3H3/t14-,18+/m0/s1. The van der Waals surface area contributed by atoms with Gasteiger partial charge in [0.2, 0.25) is 6.79 Å². The summed E-state index contributed by atoms with van der Waals surface area (Å²) in [5.41, 5.74) is 0.602. The highest BCUT2D eigenvalue weighted by atomic mass is 16.7. The molecular formula is C18H24O4. The zero-order valence-electron chi connectivity index (χ0n) is 13.6. The molecular weight excluding hydrogens is 280 g/mol. The van der Waals surface area contributed by atoms with E-state index in [0.29, 0.717) is 11.8 Å². The fourth-order valence-corrected chi connectivity index (χ4v) is 3.40. The van der Waals surface area contributed by atoms with Gasteiger partial charge in [-0.25, -0.2) is 0 Å². The third kappa shape index (κ3) is 2.92. The van der Waals surface area contributed by atoms with Crippen molar-refractivity contribution in [3.63, 3.8) is 0 Å². The van der Waals surface area contributed by atoms with E-state index < -0.39 is 0 Å². The third-order valence-corrected chi connectivity index (χ3v) is 5.02. The number of fused-ring (bicyclic) bond motifs is 1. The Morgan fingerprint density at radius 1 is 1.36 bits per heavy atom. The molecule has 1 saturated carbocycles. The van der Waals surface area contributed by atoms with Crippen molar-refractivity contribution in [1.29, 1.82) is 0 Å². The Morgan fingerprint density at radius 2 is 2.14 bits per heavy atom. The molecule has 120 valence electrons. The number of benzene rings is 1. The summed E-state index contributed by atoms with van der Waals surface area (Å²) >= 11 is 0. The van der Waals surface area contributed by atoms with E-state index in [1.165, 1.54) is 0 Å². The maximum Gasteiger partial charge on any atom is 0.312 e. The molecule has 1 aromatic carbocycles. The van der Waals surface area contributed by atoms with Crippen LogP contribution in [0.4, 0.5) is 0 Å². The Bertz CT molecular complexity index is 566. The summed E-state index contributed by atoms with van der Waals surface area (Å²) in [6.07, 6.45) is 2.98. The average molecular weight is 304 g/mol. The summed E-state index contributed by atoms with van der Waals surface area (Å²) in [6.45, 7) is 7.05. The van der Waals surface area contributed by atoms with Crippen molar-refractivity contribution in [2.24, 2.45) is 17.3 Å². The summed E-state index contributed by atoms with van der Waals surface area (Å²) in [5, 5.41) is 0. The van der Waals surface area contributed by atoms with Crippen LogP contribution in [-0.4, -0.2) is 12.8 Å². The van der Waals surface area contributed by atoms with Crippen LogP contribution in [0, 0.1) is 17.3 Å². The molecule has 3 rings (SSSR count). The van der Waals surface area contributed by atoms with Gasteiger partial charge < -0.3 is 14.2 Å². The number of esters is 1. The smallest absolute Gasteiger partial charge is 0.312 e. The minimum Gasteiger partial charge on any atom is -0.460 e. The van der Waals surface area contributed by atoms with Crippen molar-refractivity contribution in [2.75, 3.05) is 6.79 Å². The molecule has 0 bridgehead atoms. The maximum absolute atomic E-state index is 12.5. The molecule has 0 amide bonds. The first-order chi connectivity index (χ1) is 10.5. The third-order valence-electron chi connectivity index (χ3n) is 5.02. The fourth-order valence-electron chi connectivity index (χ4n) is 3.40. The van der Waals surface area contributed by atoms with Crippen LogP contribution in [0.5, 0.6) is 11.5 Å². The molecule has 1 fully saturated rings. The second kappa shape index (κ2) is 5.82. The SMILES string of the molecule is CC(C)[C@H]1CC[C@@](C)(C(=O)OCc2ccc3c(c2)OCO3)C1. The Morgan fingerprint density at radius 3 is 2.86 bits per heavy atom. The van der Waals surface area contributed by atoms with Crippen LogP contribution < -0.4 is 9.47 Å². The highest BCUT2D eigenvalue weighted by molar-refractivity contribution is 5.76. The fraction of sp³-hybridized carbons (Fsp3) is 0.611. The van der Waals surface area contributed by atoms with Gasteiger partial charge >= 0.3 is 5.97 Å². The highest BCUT2D eigenvalue weighted by Crippen LogP contribution is 2.45. The molecule has 0 N–H and O–H groups in total. The lowest BCUT2D eigenvalue weighted by atomic mass is 9.85. The summed E-state index contributed by atoms with van der Waals surface area (Å²) in [4.78, 5) is 12.5. The molecule has 4 nitrogen and oxygen atoms in total. The second-order valence-corrected chi connectivity index (χ2v) is 7.07. The van der Waals surface area contributed by atoms with Gasteiger partial charge in [-0.05, 0) is 55.7 Å². The molecule has 22 heavy (non-hydrogen) atoms. The van der Waals surface area contributed by atoms with Gasteiger partial charge in [0.1, 0.15) is 6.61 Å².